The molecule has 13 heavy (non-hydrogen) atoms. The molecule has 72 valence electrons. The Kier molecular flexibility index (Phi) is 2.33. The lowest BCUT2D eigenvalue weighted by atomic mass is 9.78. The van der Waals surface area contributed by atoms with Crippen molar-refractivity contribution in [3.63, 3.8) is 0 Å². The molecule has 0 saturated heterocycles. The normalized spacial score (nSPS) is 19.8. The second kappa shape index (κ2) is 3.47. The Balaban J connectivity index is 2.11. The highest BCUT2D eigenvalue weighted by molar-refractivity contribution is 5.12. The van der Waals surface area contributed by atoms with E-state index in [1.54, 1.807) is 0 Å². The van der Waals surface area contributed by atoms with Crippen LogP contribution < -0.4 is 11.3 Å². The van der Waals surface area contributed by atoms with Gasteiger partial charge in [-0.25, -0.2) is 0 Å². The van der Waals surface area contributed by atoms with E-state index in [4.69, 9.17) is 5.84 Å². The highest BCUT2D eigenvalue weighted by atomic mass is 15.3. The molecular formula is C9H16N4. The zero-order valence-electron chi connectivity index (χ0n) is 7.90. The zero-order chi connectivity index (χ0) is 9.26. The molecule has 1 fully saturated rings. The summed E-state index contributed by atoms with van der Waals surface area (Å²) in [4.78, 5) is 0. The minimum Gasteiger partial charge on any atom is -0.275 e. The molecule has 2 rings (SSSR count). The quantitative estimate of drug-likeness (QED) is 0.532. The SMILES string of the molecule is Cn1cc(C(NN)C2CCC2)cn1. The largest absolute Gasteiger partial charge is 0.275 e. The van der Waals surface area contributed by atoms with Crippen LogP contribution in [0.1, 0.15) is 30.9 Å². The Hall–Kier alpha value is -0.870. The van der Waals surface area contributed by atoms with Gasteiger partial charge in [0, 0.05) is 18.8 Å². The summed E-state index contributed by atoms with van der Waals surface area (Å²) in [6.45, 7) is 0. The van der Waals surface area contributed by atoms with E-state index in [2.05, 4.69) is 10.5 Å². The molecular weight excluding hydrogens is 164 g/mol. The van der Waals surface area contributed by atoms with Crippen LogP contribution in [0.25, 0.3) is 0 Å². The number of nitrogens with zero attached hydrogens (tertiary/aromatic N) is 2. The van der Waals surface area contributed by atoms with Gasteiger partial charge in [-0.3, -0.25) is 16.0 Å². The minimum absolute atomic E-state index is 0.294. The van der Waals surface area contributed by atoms with Gasteiger partial charge in [-0.15, -0.1) is 0 Å². The third-order valence-electron chi connectivity index (χ3n) is 2.88. The van der Waals surface area contributed by atoms with E-state index < -0.39 is 0 Å². The molecule has 1 unspecified atom stereocenters. The second-order valence-electron chi connectivity index (χ2n) is 3.78. The molecule has 0 aromatic carbocycles. The van der Waals surface area contributed by atoms with Crippen molar-refractivity contribution in [1.82, 2.24) is 15.2 Å². The van der Waals surface area contributed by atoms with Crippen molar-refractivity contribution in [3.8, 4) is 0 Å². The van der Waals surface area contributed by atoms with Gasteiger partial charge in [-0.05, 0) is 18.8 Å². The molecule has 1 aromatic heterocycles. The van der Waals surface area contributed by atoms with Gasteiger partial charge >= 0.3 is 0 Å². The molecule has 1 aliphatic carbocycles. The van der Waals surface area contributed by atoms with Crippen LogP contribution in [-0.2, 0) is 7.05 Å². The van der Waals surface area contributed by atoms with Crippen LogP contribution in [-0.4, -0.2) is 9.78 Å². The smallest absolute Gasteiger partial charge is 0.0538 e. The summed E-state index contributed by atoms with van der Waals surface area (Å²) in [5, 5.41) is 4.15. The van der Waals surface area contributed by atoms with Gasteiger partial charge in [-0.2, -0.15) is 5.10 Å². The van der Waals surface area contributed by atoms with Gasteiger partial charge in [0.2, 0.25) is 0 Å². The third-order valence-corrected chi connectivity index (χ3v) is 2.88. The van der Waals surface area contributed by atoms with Gasteiger partial charge in [-0.1, -0.05) is 6.42 Å². The van der Waals surface area contributed by atoms with Gasteiger partial charge < -0.3 is 0 Å². The Labute approximate surface area is 78.1 Å². The van der Waals surface area contributed by atoms with Gasteiger partial charge in [0.25, 0.3) is 0 Å². The lowest BCUT2D eigenvalue weighted by Gasteiger charge is -2.32. The van der Waals surface area contributed by atoms with Crippen LogP contribution in [0, 0.1) is 5.92 Å². The van der Waals surface area contributed by atoms with Gasteiger partial charge in [0.15, 0.2) is 0 Å². The summed E-state index contributed by atoms with van der Waals surface area (Å²) in [5.74, 6) is 6.24. The highest BCUT2D eigenvalue weighted by Gasteiger charge is 2.28. The van der Waals surface area contributed by atoms with Gasteiger partial charge in [0.05, 0.1) is 12.2 Å². The molecule has 0 amide bonds. The van der Waals surface area contributed by atoms with E-state index in [1.165, 1.54) is 24.8 Å². The van der Waals surface area contributed by atoms with Crippen molar-refractivity contribution in [1.29, 1.82) is 0 Å². The van der Waals surface area contributed by atoms with Crippen molar-refractivity contribution in [2.75, 3.05) is 0 Å². The fourth-order valence-electron chi connectivity index (χ4n) is 1.88. The predicted molar refractivity (Wildman–Crippen MR) is 50.6 cm³/mol. The number of nitrogens with one attached hydrogen (secondary N) is 1. The van der Waals surface area contributed by atoms with Crippen molar-refractivity contribution in [3.05, 3.63) is 18.0 Å². The number of aromatic nitrogens is 2. The predicted octanol–water partition coefficient (Wildman–Crippen LogP) is 0.725. The lowest BCUT2D eigenvalue weighted by molar-refractivity contribution is 0.232. The van der Waals surface area contributed by atoms with E-state index in [0.717, 1.165) is 0 Å². The van der Waals surface area contributed by atoms with Crippen LogP contribution in [0.5, 0.6) is 0 Å². The molecule has 4 heteroatoms. The van der Waals surface area contributed by atoms with Crippen LogP contribution in [0.3, 0.4) is 0 Å². The Bertz CT molecular complexity index is 277. The van der Waals surface area contributed by atoms with E-state index in [0.29, 0.717) is 12.0 Å². The number of rotatable bonds is 3. The van der Waals surface area contributed by atoms with Crippen molar-refractivity contribution in [2.24, 2.45) is 18.8 Å². The third kappa shape index (κ3) is 1.59. The number of hydrazine groups is 1. The van der Waals surface area contributed by atoms with Crippen LogP contribution in [0.2, 0.25) is 0 Å². The molecule has 1 aromatic rings. The molecule has 0 bridgehead atoms. The van der Waals surface area contributed by atoms with E-state index in [-0.39, 0.29) is 0 Å². The van der Waals surface area contributed by atoms with Crippen LogP contribution >= 0.6 is 0 Å². The van der Waals surface area contributed by atoms with Crippen molar-refractivity contribution >= 4 is 0 Å². The lowest BCUT2D eigenvalue weighted by Crippen LogP contribution is -2.36. The maximum absolute atomic E-state index is 5.54. The Morgan fingerprint density at radius 2 is 2.46 bits per heavy atom. The highest BCUT2D eigenvalue weighted by Crippen LogP contribution is 2.36. The first-order valence-corrected chi connectivity index (χ1v) is 4.76. The summed E-state index contributed by atoms with van der Waals surface area (Å²) in [6.07, 6.45) is 7.82. The topological polar surface area (TPSA) is 55.9 Å². The number of hydrogen-bond donors (Lipinski definition) is 2. The monoisotopic (exact) mass is 180 g/mol. The Morgan fingerprint density at radius 3 is 2.85 bits per heavy atom. The summed E-state index contributed by atoms with van der Waals surface area (Å²) >= 11 is 0. The average molecular weight is 180 g/mol. The summed E-state index contributed by atoms with van der Waals surface area (Å²) in [6, 6.07) is 0.294. The maximum atomic E-state index is 5.54. The molecule has 1 heterocycles. The molecule has 0 spiro atoms. The van der Waals surface area contributed by atoms with E-state index in [9.17, 15) is 0 Å². The Morgan fingerprint density at radius 1 is 1.69 bits per heavy atom. The zero-order valence-corrected chi connectivity index (χ0v) is 7.90. The first kappa shape index (κ1) is 8.72. The van der Waals surface area contributed by atoms with Gasteiger partial charge in [0.1, 0.15) is 0 Å². The fraction of sp³-hybridized carbons (Fsp3) is 0.667. The molecule has 3 N–H and O–H groups in total. The molecule has 4 nitrogen and oxygen atoms in total. The van der Waals surface area contributed by atoms with E-state index >= 15 is 0 Å². The number of aryl methyl sites for hydroxylation is 1. The molecule has 1 aliphatic rings. The summed E-state index contributed by atoms with van der Waals surface area (Å²) < 4.78 is 1.82. The van der Waals surface area contributed by atoms with Crippen LogP contribution in [0.4, 0.5) is 0 Å². The second-order valence-corrected chi connectivity index (χ2v) is 3.78. The number of nitrogens with two attached hydrogens (primary N) is 1. The van der Waals surface area contributed by atoms with Crippen LogP contribution in [0.15, 0.2) is 12.4 Å². The van der Waals surface area contributed by atoms with E-state index in [1.807, 2.05) is 24.1 Å². The average Bonchev–Trinajstić information content (AvgIpc) is 2.43. The fourth-order valence-corrected chi connectivity index (χ4v) is 1.88. The standard InChI is InChI=1S/C9H16N4/c1-13-6-8(5-11-13)9(12-10)7-3-2-4-7/h5-7,9,12H,2-4,10H2,1H3. The summed E-state index contributed by atoms with van der Waals surface area (Å²) in [5.41, 5.74) is 4.08. The molecule has 1 atom stereocenters. The summed E-state index contributed by atoms with van der Waals surface area (Å²) in [7, 11) is 1.93. The minimum atomic E-state index is 0.294. The molecule has 0 aliphatic heterocycles. The first-order valence-electron chi connectivity index (χ1n) is 4.76. The molecule has 0 radical (unpaired) electrons. The first-order chi connectivity index (χ1) is 6.31. The van der Waals surface area contributed by atoms with Crippen molar-refractivity contribution < 1.29 is 0 Å². The maximum Gasteiger partial charge on any atom is 0.0538 e. The number of hydrogen-bond acceptors (Lipinski definition) is 3. The van der Waals surface area contributed by atoms with Crippen molar-refractivity contribution in [2.45, 2.75) is 25.3 Å². The molecule has 1 saturated carbocycles.